The number of carbonyl (C=O) groups excluding carboxylic acids is 5. The fourth-order valence-electron chi connectivity index (χ4n) is 9.00. The largest absolute Gasteiger partial charge is 0.507 e. The van der Waals surface area contributed by atoms with Gasteiger partial charge in [0.15, 0.2) is 12.1 Å². The van der Waals surface area contributed by atoms with Gasteiger partial charge in [-0.25, -0.2) is 10.3 Å². The maximum absolute atomic E-state index is 14.2. The van der Waals surface area contributed by atoms with E-state index in [0.717, 1.165) is 17.1 Å². The molecule has 326 valence electrons. The number of aliphatic hydroxyl groups is 3. The Balaban J connectivity index is 1.16. The lowest BCUT2D eigenvalue weighted by Crippen LogP contribution is -2.59. The highest BCUT2D eigenvalue weighted by Gasteiger charge is 2.50. The Morgan fingerprint density at radius 3 is 2.44 bits per heavy atom. The van der Waals surface area contributed by atoms with Crippen molar-refractivity contribution in [2.75, 3.05) is 38.3 Å². The first-order chi connectivity index (χ1) is 29.6. The Morgan fingerprint density at radius 2 is 1.76 bits per heavy atom. The predicted octanol–water partition coefficient (Wildman–Crippen LogP) is 2.06. The van der Waals surface area contributed by atoms with E-state index in [0.29, 0.717) is 19.7 Å². The van der Waals surface area contributed by atoms with E-state index in [9.17, 15) is 49.5 Å². The number of imide groups is 1. The van der Waals surface area contributed by atoms with Gasteiger partial charge in [0.2, 0.25) is 5.78 Å². The number of amides is 3. The van der Waals surface area contributed by atoms with Crippen molar-refractivity contribution < 1.29 is 68.5 Å². The molecular weight excluding hydrogens is 832 g/mol. The number of fused-ring (bicyclic) bond motifs is 3. The average molecular weight is 875 g/mol. The number of ether oxygens (including phenoxy) is 4. The molecule has 3 aliphatic heterocycles. The third kappa shape index (κ3) is 7.35. The predicted molar refractivity (Wildman–Crippen MR) is 218 cm³/mol. The number of nitrogens with one attached hydrogen (secondary N) is 1. The van der Waals surface area contributed by atoms with Crippen molar-refractivity contribution in [2.45, 2.75) is 75.5 Å². The van der Waals surface area contributed by atoms with Crippen LogP contribution in [0.5, 0.6) is 17.2 Å². The number of rotatable bonds is 9. The molecular formula is C43H43ClN4O14. The summed E-state index contributed by atoms with van der Waals surface area (Å²) in [5.41, 5.74) is -2.02. The number of aliphatic hydroxyl groups excluding tert-OH is 2. The van der Waals surface area contributed by atoms with Crippen LogP contribution < -0.4 is 15.1 Å². The molecule has 6 N–H and O–H groups in total. The highest BCUT2D eigenvalue weighted by molar-refractivity contribution is 6.37. The highest BCUT2D eigenvalue weighted by atomic mass is 35.5. The number of hydrazone groups is 1. The van der Waals surface area contributed by atoms with Crippen LogP contribution in [0.2, 0.25) is 5.02 Å². The van der Waals surface area contributed by atoms with E-state index in [4.69, 9.17) is 30.5 Å². The van der Waals surface area contributed by atoms with Crippen LogP contribution in [0.15, 0.2) is 53.7 Å². The number of ketones is 2. The molecule has 7 atom stereocenters. The molecule has 2 aliphatic carbocycles. The summed E-state index contributed by atoms with van der Waals surface area (Å²) < 4.78 is 23.8. The molecule has 2 fully saturated rings. The zero-order valence-corrected chi connectivity index (χ0v) is 34.4. The molecule has 2 saturated heterocycles. The lowest BCUT2D eigenvalue weighted by Gasteiger charge is -2.47. The van der Waals surface area contributed by atoms with E-state index in [1.165, 1.54) is 43.5 Å². The minimum atomic E-state index is -2.26. The Bertz CT molecular complexity index is 2460. The van der Waals surface area contributed by atoms with Gasteiger partial charge in [-0.05, 0) is 38.1 Å². The third-order valence-corrected chi connectivity index (χ3v) is 12.4. The summed E-state index contributed by atoms with van der Waals surface area (Å²) in [6.45, 7) is 4.10. The maximum Gasteiger partial charge on any atom is 0.271 e. The smallest absolute Gasteiger partial charge is 0.271 e. The summed E-state index contributed by atoms with van der Waals surface area (Å²) >= 11 is 6.37. The van der Waals surface area contributed by atoms with E-state index in [-0.39, 0.29) is 56.8 Å². The van der Waals surface area contributed by atoms with Crippen LogP contribution in [0, 0.1) is 0 Å². The molecule has 0 spiro atoms. The summed E-state index contributed by atoms with van der Waals surface area (Å²) in [5.74, 6) is -5.08. The van der Waals surface area contributed by atoms with Crippen molar-refractivity contribution in [2.24, 2.45) is 5.10 Å². The zero-order valence-electron chi connectivity index (χ0n) is 33.7. The first-order valence-corrected chi connectivity index (χ1v) is 20.2. The summed E-state index contributed by atoms with van der Waals surface area (Å²) in [5, 5.41) is 62.4. The monoisotopic (exact) mass is 874 g/mol. The second-order valence-corrected chi connectivity index (χ2v) is 16.2. The Labute approximate surface area is 358 Å². The van der Waals surface area contributed by atoms with Crippen LogP contribution in [-0.2, 0) is 30.2 Å². The van der Waals surface area contributed by atoms with Gasteiger partial charge in [-0.2, -0.15) is 5.10 Å². The first-order valence-electron chi connectivity index (χ1n) is 19.8. The van der Waals surface area contributed by atoms with Crippen molar-refractivity contribution >= 4 is 52.3 Å². The Hall–Kier alpha value is -5.57. The molecule has 0 radical (unpaired) electrons. The second kappa shape index (κ2) is 16.6. The second-order valence-electron chi connectivity index (χ2n) is 15.8. The van der Waals surface area contributed by atoms with Crippen molar-refractivity contribution in [3.8, 4) is 17.2 Å². The van der Waals surface area contributed by atoms with E-state index in [2.05, 4.69) is 15.4 Å². The van der Waals surface area contributed by atoms with Crippen molar-refractivity contribution in [3.05, 3.63) is 92.5 Å². The molecule has 5 aliphatic rings. The molecule has 0 aromatic heterocycles. The number of phenols is 2. The Kier molecular flexibility index (Phi) is 11.5. The number of phenolic OH excluding ortho intramolecular Hbond substituents is 2. The standard InChI is InChI=1S/C43H43ClN4O14/c1-19-17-47(11-12-60-19)26-14-32(61-20(2)37(26)52)62-28-16-43(58,29(18-49)45-46-42(57)21-7-8-25(24(44)13-21)48-30(50)9-10-31(48)51)15-23-34(28)41(56)36-35(39(23)54)38(53)22-5-4-6-27(59-3)33(22)40(36)55/h4-10,13,19-20,26,28,32,37,49,52,54,56,58H,11-12,14-18H2,1-3H3,(H,46,57)/b45-29+/t19-,20+,26?,28+,32+,37-,43+/m1/s1. The normalized spacial score (nSPS) is 27.5. The molecule has 18 nitrogen and oxygen atoms in total. The summed E-state index contributed by atoms with van der Waals surface area (Å²) in [6, 6.07) is 7.64. The van der Waals surface area contributed by atoms with Gasteiger partial charge in [0.25, 0.3) is 17.7 Å². The van der Waals surface area contributed by atoms with Gasteiger partial charge in [-0.15, -0.1) is 0 Å². The number of hydrogen-bond donors (Lipinski definition) is 6. The number of halogens is 1. The number of nitrogens with zero attached hydrogens (tertiary/aromatic N) is 3. The molecule has 3 aromatic rings. The number of hydrogen-bond acceptors (Lipinski definition) is 16. The molecule has 0 bridgehead atoms. The molecule has 62 heavy (non-hydrogen) atoms. The summed E-state index contributed by atoms with van der Waals surface area (Å²) in [6.07, 6.45) is -3.15. The van der Waals surface area contributed by atoms with Gasteiger partial charge in [0.05, 0.1) is 77.9 Å². The SMILES string of the molecule is COc1cccc2c1C(=O)c1c(O)c3c(c(O)c1C2=O)C[C@@](O)(/C(CO)=N/NC(=O)c1ccc(N2C(=O)C=CC2=O)c(Cl)c1)C[C@@H]3O[C@H]1CC(N2CCO[C@H](C)C2)[C@H](O)[C@H](C)O1. The minimum Gasteiger partial charge on any atom is -0.507 e. The van der Waals surface area contributed by atoms with Gasteiger partial charge in [-0.3, -0.25) is 28.9 Å². The average Bonchev–Trinajstić information content (AvgIpc) is 3.58. The van der Waals surface area contributed by atoms with Crippen LogP contribution in [-0.4, -0.2) is 135 Å². The summed E-state index contributed by atoms with van der Waals surface area (Å²) in [4.78, 5) is 69.0. The first kappa shape index (κ1) is 43.1. The number of methoxy groups -OCH3 is 1. The quantitative estimate of drug-likeness (QED) is 0.0609. The molecule has 0 saturated carbocycles. The fourth-order valence-corrected chi connectivity index (χ4v) is 9.26. The number of morpholine rings is 1. The minimum absolute atomic E-state index is 0.0358. The molecule has 19 heteroatoms. The fraction of sp³-hybridized carbons (Fsp3) is 0.395. The van der Waals surface area contributed by atoms with Crippen LogP contribution in [0.3, 0.4) is 0 Å². The van der Waals surface area contributed by atoms with Gasteiger partial charge in [-0.1, -0.05) is 23.7 Å². The van der Waals surface area contributed by atoms with E-state index < -0.39 is 113 Å². The third-order valence-electron chi connectivity index (χ3n) is 12.0. The van der Waals surface area contributed by atoms with Crippen molar-refractivity contribution in [1.29, 1.82) is 0 Å². The lowest BCUT2D eigenvalue weighted by atomic mass is 9.71. The van der Waals surface area contributed by atoms with Crippen molar-refractivity contribution in [1.82, 2.24) is 10.3 Å². The van der Waals surface area contributed by atoms with Gasteiger partial charge >= 0.3 is 0 Å². The molecule has 8 rings (SSSR count). The maximum atomic E-state index is 14.2. The zero-order chi connectivity index (χ0) is 44.4. The number of aromatic hydroxyl groups is 2. The number of carbonyl (C=O) groups is 5. The van der Waals surface area contributed by atoms with Crippen LogP contribution in [0.1, 0.15) is 86.1 Å². The van der Waals surface area contributed by atoms with Crippen LogP contribution in [0.4, 0.5) is 5.69 Å². The Morgan fingerprint density at radius 1 is 1.03 bits per heavy atom. The topological polar surface area (TPSA) is 254 Å². The number of anilines is 1. The summed E-state index contributed by atoms with van der Waals surface area (Å²) in [7, 11) is 1.32. The van der Waals surface area contributed by atoms with Gasteiger partial charge in [0.1, 0.15) is 22.8 Å². The van der Waals surface area contributed by atoms with Crippen molar-refractivity contribution in [3.63, 3.8) is 0 Å². The lowest BCUT2D eigenvalue weighted by molar-refractivity contribution is -0.260. The molecule has 1 unspecified atom stereocenters. The van der Waals surface area contributed by atoms with Crippen LogP contribution >= 0.6 is 11.6 Å². The van der Waals surface area contributed by atoms with Crippen LogP contribution in [0.25, 0.3) is 0 Å². The number of benzene rings is 3. The van der Waals surface area contributed by atoms with Gasteiger partial charge < -0.3 is 44.5 Å². The van der Waals surface area contributed by atoms with Gasteiger partial charge in [0, 0.05) is 72.8 Å². The van der Waals surface area contributed by atoms with E-state index >= 15 is 0 Å². The molecule has 3 aromatic carbocycles. The molecule has 3 amide bonds. The molecule has 3 heterocycles. The highest BCUT2D eigenvalue weighted by Crippen LogP contribution is 2.53. The van der Waals surface area contributed by atoms with E-state index in [1.54, 1.807) is 6.92 Å². The van der Waals surface area contributed by atoms with E-state index in [1.807, 2.05) is 6.92 Å².